The molecule has 1 atom stereocenters. The Kier molecular flexibility index (Phi) is 4.72. The predicted octanol–water partition coefficient (Wildman–Crippen LogP) is 0.625. The largest absolute Gasteiger partial charge is 0.480 e. The van der Waals surface area contributed by atoms with Crippen LogP contribution in [0.15, 0.2) is 18.5 Å². The maximum absolute atomic E-state index is 12.3. The number of aromatic nitrogens is 2. The van der Waals surface area contributed by atoms with E-state index >= 15 is 0 Å². The van der Waals surface area contributed by atoms with E-state index in [9.17, 15) is 9.59 Å². The van der Waals surface area contributed by atoms with E-state index < -0.39 is 12.0 Å². The highest BCUT2D eigenvalue weighted by Gasteiger charge is 2.31. The van der Waals surface area contributed by atoms with Gasteiger partial charge in [0.2, 0.25) is 11.9 Å². The van der Waals surface area contributed by atoms with Gasteiger partial charge in [0.05, 0.1) is 0 Å². The van der Waals surface area contributed by atoms with Crippen LogP contribution in [0.1, 0.15) is 19.8 Å². The second kappa shape index (κ2) is 6.51. The minimum absolute atomic E-state index is 0.0986. The van der Waals surface area contributed by atoms with Gasteiger partial charge in [-0.15, -0.1) is 0 Å². The highest BCUT2D eigenvalue weighted by molar-refractivity contribution is 5.84. The number of carbonyl (C=O) groups is 2. The predicted molar refractivity (Wildman–Crippen MR) is 76.8 cm³/mol. The molecule has 2 heterocycles. The lowest BCUT2D eigenvalue weighted by molar-refractivity contribution is -0.150. The number of hydrogen-bond acceptors (Lipinski definition) is 5. The first kappa shape index (κ1) is 15.2. The van der Waals surface area contributed by atoms with Gasteiger partial charge in [-0.05, 0) is 25.8 Å². The average Bonchev–Trinajstić information content (AvgIpc) is 2.53. The molecule has 0 spiro atoms. The number of carboxylic acids is 1. The van der Waals surface area contributed by atoms with Crippen molar-refractivity contribution in [2.24, 2.45) is 5.92 Å². The standard InChI is InChI=1S/C14H20N4O3/c1-10(13(20)21)17(2)12(19)11-4-8-18(9-5-11)14-15-6-3-7-16-14/h3,6-7,10-11H,4-5,8-9H2,1-2H3,(H,20,21). The van der Waals surface area contributed by atoms with Gasteiger partial charge < -0.3 is 14.9 Å². The molecule has 1 aliphatic rings. The number of rotatable bonds is 4. The summed E-state index contributed by atoms with van der Waals surface area (Å²) in [5.74, 6) is -0.535. The number of aliphatic carboxylic acids is 1. The Balaban J connectivity index is 1.92. The molecule has 1 saturated heterocycles. The van der Waals surface area contributed by atoms with Gasteiger partial charge in [-0.1, -0.05) is 0 Å². The number of anilines is 1. The van der Waals surface area contributed by atoms with Crippen LogP contribution in [0.5, 0.6) is 0 Å². The molecule has 0 aromatic carbocycles. The second-order valence-corrected chi connectivity index (χ2v) is 5.27. The number of carboxylic acid groups (broad SMARTS) is 1. The summed E-state index contributed by atoms with van der Waals surface area (Å²) in [5.41, 5.74) is 0. The number of nitrogens with zero attached hydrogens (tertiary/aromatic N) is 4. The van der Waals surface area contributed by atoms with Crippen molar-refractivity contribution in [2.45, 2.75) is 25.8 Å². The zero-order chi connectivity index (χ0) is 15.4. The first-order chi connectivity index (χ1) is 10.0. The Hall–Kier alpha value is -2.18. The van der Waals surface area contributed by atoms with Crippen LogP contribution in [0.3, 0.4) is 0 Å². The zero-order valence-electron chi connectivity index (χ0n) is 12.3. The summed E-state index contributed by atoms with van der Waals surface area (Å²) in [6.07, 6.45) is 4.77. The third-order valence-corrected chi connectivity index (χ3v) is 3.97. The van der Waals surface area contributed by atoms with E-state index in [0.29, 0.717) is 31.9 Å². The molecule has 2 rings (SSSR count). The molecule has 0 saturated carbocycles. The molecular formula is C14H20N4O3. The Morgan fingerprint density at radius 3 is 2.43 bits per heavy atom. The molecule has 1 aromatic heterocycles. The fourth-order valence-corrected chi connectivity index (χ4v) is 2.43. The quantitative estimate of drug-likeness (QED) is 0.875. The van der Waals surface area contributed by atoms with E-state index in [2.05, 4.69) is 9.97 Å². The monoisotopic (exact) mass is 292 g/mol. The van der Waals surface area contributed by atoms with Crippen LogP contribution in [0.4, 0.5) is 5.95 Å². The molecule has 1 aromatic rings. The van der Waals surface area contributed by atoms with Crippen molar-refractivity contribution < 1.29 is 14.7 Å². The minimum Gasteiger partial charge on any atom is -0.480 e. The van der Waals surface area contributed by atoms with Crippen molar-refractivity contribution in [1.29, 1.82) is 0 Å². The van der Waals surface area contributed by atoms with Crippen LogP contribution in [0.25, 0.3) is 0 Å². The van der Waals surface area contributed by atoms with Crippen LogP contribution in [0, 0.1) is 5.92 Å². The first-order valence-electron chi connectivity index (χ1n) is 7.02. The van der Waals surface area contributed by atoms with Crippen molar-refractivity contribution in [3.63, 3.8) is 0 Å². The molecule has 7 nitrogen and oxygen atoms in total. The molecule has 1 N–H and O–H groups in total. The van der Waals surface area contributed by atoms with E-state index in [1.165, 1.54) is 11.8 Å². The SMILES string of the molecule is CC(C(=O)O)N(C)C(=O)C1CCN(c2ncccn2)CC1. The Labute approximate surface area is 123 Å². The molecule has 114 valence electrons. The summed E-state index contributed by atoms with van der Waals surface area (Å²) in [6.45, 7) is 2.93. The molecule has 21 heavy (non-hydrogen) atoms. The topological polar surface area (TPSA) is 86.6 Å². The highest BCUT2D eigenvalue weighted by Crippen LogP contribution is 2.22. The molecule has 0 aliphatic carbocycles. The summed E-state index contributed by atoms with van der Waals surface area (Å²) < 4.78 is 0. The number of hydrogen-bond donors (Lipinski definition) is 1. The second-order valence-electron chi connectivity index (χ2n) is 5.27. The molecule has 1 unspecified atom stereocenters. The minimum atomic E-state index is -0.985. The molecule has 0 bridgehead atoms. The van der Waals surface area contributed by atoms with Crippen LogP contribution in [-0.4, -0.2) is 58.0 Å². The average molecular weight is 292 g/mol. The lowest BCUT2D eigenvalue weighted by Crippen LogP contribution is -2.46. The summed E-state index contributed by atoms with van der Waals surface area (Å²) in [6, 6.07) is 0.968. The van der Waals surface area contributed by atoms with E-state index in [-0.39, 0.29) is 11.8 Å². The zero-order valence-corrected chi connectivity index (χ0v) is 12.3. The maximum Gasteiger partial charge on any atom is 0.326 e. The third-order valence-electron chi connectivity index (χ3n) is 3.97. The van der Waals surface area contributed by atoms with Crippen molar-refractivity contribution in [1.82, 2.24) is 14.9 Å². The smallest absolute Gasteiger partial charge is 0.326 e. The molecule has 1 fully saturated rings. The van der Waals surface area contributed by atoms with E-state index in [0.717, 1.165) is 0 Å². The maximum atomic E-state index is 12.3. The summed E-state index contributed by atoms with van der Waals surface area (Å²) in [7, 11) is 1.55. The number of amides is 1. The lowest BCUT2D eigenvalue weighted by Gasteiger charge is -2.34. The van der Waals surface area contributed by atoms with Crippen molar-refractivity contribution in [3.8, 4) is 0 Å². The van der Waals surface area contributed by atoms with Crippen LogP contribution >= 0.6 is 0 Å². The van der Waals surface area contributed by atoms with E-state index in [4.69, 9.17) is 5.11 Å². The Morgan fingerprint density at radius 2 is 1.90 bits per heavy atom. The number of carbonyl (C=O) groups excluding carboxylic acids is 1. The van der Waals surface area contributed by atoms with Gasteiger partial charge in [0.15, 0.2) is 0 Å². The van der Waals surface area contributed by atoms with Crippen LogP contribution in [-0.2, 0) is 9.59 Å². The molecule has 1 aliphatic heterocycles. The normalized spacial score (nSPS) is 17.3. The fraction of sp³-hybridized carbons (Fsp3) is 0.571. The molecular weight excluding hydrogens is 272 g/mol. The van der Waals surface area contributed by atoms with Gasteiger partial charge in [0, 0.05) is 38.4 Å². The van der Waals surface area contributed by atoms with Gasteiger partial charge in [0.25, 0.3) is 0 Å². The Bertz CT molecular complexity index is 500. The van der Waals surface area contributed by atoms with E-state index in [1.54, 1.807) is 25.5 Å². The van der Waals surface area contributed by atoms with Gasteiger partial charge >= 0.3 is 5.97 Å². The first-order valence-corrected chi connectivity index (χ1v) is 7.02. The van der Waals surface area contributed by atoms with Crippen LogP contribution in [0.2, 0.25) is 0 Å². The molecule has 1 amide bonds. The van der Waals surface area contributed by atoms with Gasteiger partial charge in [-0.3, -0.25) is 4.79 Å². The summed E-state index contributed by atoms with van der Waals surface area (Å²) >= 11 is 0. The van der Waals surface area contributed by atoms with E-state index in [1.807, 2.05) is 4.90 Å². The molecule has 7 heteroatoms. The third kappa shape index (κ3) is 3.48. The van der Waals surface area contributed by atoms with Crippen molar-refractivity contribution in [2.75, 3.05) is 25.0 Å². The summed E-state index contributed by atoms with van der Waals surface area (Å²) in [4.78, 5) is 35.0. The number of piperidine rings is 1. The van der Waals surface area contributed by atoms with Crippen LogP contribution < -0.4 is 4.90 Å². The lowest BCUT2D eigenvalue weighted by atomic mass is 9.95. The fourth-order valence-electron chi connectivity index (χ4n) is 2.43. The Morgan fingerprint density at radius 1 is 1.33 bits per heavy atom. The van der Waals surface area contributed by atoms with Gasteiger partial charge in [0.1, 0.15) is 6.04 Å². The highest BCUT2D eigenvalue weighted by atomic mass is 16.4. The van der Waals surface area contributed by atoms with Gasteiger partial charge in [-0.2, -0.15) is 0 Å². The number of likely N-dealkylation sites (N-methyl/N-ethyl adjacent to an activating group) is 1. The van der Waals surface area contributed by atoms with Crippen molar-refractivity contribution in [3.05, 3.63) is 18.5 Å². The van der Waals surface area contributed by atoms with Gasteiger partial charge in [-0.25, -0.2) is 14.8 Å². The van der Waals surface area contributed by atoms with Crippen molar-refractivity contribution >= 4 is 17.8 Å². The summed E-state index contributed by atoms with van der Waals surface area (Å²) in [5, 5.41) is 8.97. The molecule has 0 radical (unpaired) electrons.